The Morgan fingerprint density at radius 3 is 2.70 bits per heavy atom. The number of amides is 1. The van der Waals surface area contributed by atoms with E-state index in [4.69, 9.17) is 4.74 Å². The van der Waals surface area contributed by atoms with E-state index in [0.29, 0.717) is 11.3 Å². The third-order valence-electron chi connectivity index (χ3n) is 2.88. The summed E-state index contributed by atoms with van der Waals surface area (Å²) in [5, 5.41) is 11.9. The maximum Gasteiger partial charge on any atom is 0.262 e. The Morgan fingerprint density at radius 2 is 2.05 bits per heavy atom. The van der Waals surface area contributed by atoms with Crippen LogP contribution in [0.3, 0.4) is 0 Å². The Hall–Kier alpha value is -2.56. The van der Waals surface area contributed by atoms with Crippen molar-refractivity contribution in [1.82, 2.24) is 0 Å². The summed E-state index contributed by atoms with van der Waals surface area (Å²) in [4.78, 5) is 12.2. The number of aryl methyl sites for hydroxylation is 1. The Morgan fingerprint density at radius 1 is 1.30 bits per heavy atom. The number of nitrogens with one attached hydrogen (secondary N) is 1. The number of hydrogen-bond acceptors (Lipinski definition) is 3. The van der Waals surface area contributed by atoms with Gasteiger partial charge in [0.15, 0.2) is 0 Å². The van der Waals surface area contributed by atoms with Gasteiger partial charge in [0.25, 0.3) is 5.91 Å². The van der Waals surface area contributed by atoms with Gasteiger partial charge in [0.1, 0.15) is 22.9 Å². The number of rotatable bonds is 3. The molecule has 0 heterocycles. The molecule has 2 N–H and O–H groups in total. The molecule has 2 aromatic rings. The predicted octanol–water partition coefficient (Wildman–Crippen LogP) is 3.10. The summed E-state index contributed by atoms with van der Waals surface area (Å²) in [5.41, 5.74) is 1.02. The Kier molecular flexibility index (Phi) is 3.89. The lowest BCUT2D eigenvalue weighted by atomic mass is 10.1. The summed E-state index contributed by atoms with van der Waals surface area (Å²) >= 11 is 0. The van der Waals surface area contributed by atoms with Gasteiger partial charge >= 0.3 is 0 Å². The first-order valence-corrected chi connectivity index (χ1v) is 5.96. The number of aromatic hydroxyl groups is 1. The van der Waals surface area contributed by atoms with Crippen molar-refractivity contribution in [3.05, 3.63) is 53.3 Å². The zero-order valence-corrected chi connectivity index (χ0v) is 11.1. The molecule has 0 aliphatic heterocycles. The minimum Gasteiger partial charge on any atom is -0.508 e. The molecule has 104 valence electrons. The van der Waals surface area contributed by atoms with Crippen LogP contribution in [0.2, 0.25) is 0 Å². The van der Waals surface area contributed by atoms with Gasteiger partial charge < -0.3 is 15.2 Å². The second-order valence-corrected chi connectivity index (χ2v) is 4.27. The van der Waals surface area contributed by atoms with Crippen LogP contribution in [-0.2, 0) is 0 Å². The van der Waals surface area contributed by atoms with E-state index in [1.165, 1.54) is 37.4 Å². The number of benzene rings is 2. The Balaban J connectivity index is 2.33. The number of carbonyl (C=O) groups excluding carboxylic acids is 1. The van der Waals surface area contributed by atoms with Gasteiger partial charge in [-0.15, -0.1) is 0 Å². The van der Waals surface area contributed by atoms with E-state index in [0.717, 1.165) is 0 Å². The van der Waals surface area contributed by atoms with Crippen molar-refractivity contribution in [3.8, 4) is 11.5 Å². The van der Waals surface area contributed by atoms with Gasteiger partial charge in [0.05, 0.1) is 7.11 Å². The molecule has 2 rings (SSSR count). The van der Waals surface area contributed by atoms with E-state index < -0.39 is 11.7 Å². The van der Waals surface area contributed by atoms with E-state index in [1.807, 2.05) is 0 Å². The highest BCUT2D eigenvalue weighted by Crippen LogP contribution is 2.25. The molecule has 0 aliphatic carbocycles. The fraction of sp³-hybridized carbons (Fsp3) is 0.133. The SMILES string of the molecule is COc1cccc(F)c1C(=O)Nc1ccc(O)cc1C. The maximum atomic E-state index is 13.8. The fourth-order valence-corrected chi connectivity index (χ4v) is 1.87. The number of ether oxygens (including phenoxy) is 1. The number of phenols is 1. The molecular weight excluding hydrogens is 261 g/mol. The highest BCUT2D eigenvalue weighted by Gasteiger charge is 2.18. The highest BCUT2D eigenvalue weighted by atomic mass is 19.1. The standard InChI is InChI=1S/C15H14FNO3/c1-9-8-10(18)6-7-12(9)17-15(19)14-11(16)4-3-5-13(14)20-2/h3-8,18H,1-2H3,(H,17,19). The first-order chi connectivity index (χ1) is 9.52. The van der Waals surface area contributed by atoms with Crippen molar-refractivity contribution in [3.63, 3.8) is 0 Å². The van der Waals surface area contributed by atoms with Crippen LogP contribution in [0.5, 0.6) is 11.5 Å². The third kappa shape index (κ3) is 2.71. The molecule has 0 fully saturated rings. The molecular formula is C15H14FNO3. The van der Waals surface area contributed by atoms with Crippen molar-refractivity contribution in [2.24, 2.45) is 0 Å². The van der Waals surface area contributed by atoms with Gasteiger partial charge in [-0.05, 0) is 42.8 Å². The van der Waals surface area contributed by atoms with E-state index in [-0.39, 0.29) is 17.1 Å². The zero-order chi connectivity index (χ0) is 14.7. The molecule has 0 atom stereocenters. The predicted molar refractivity (Wildman–Crippen MR) is 73.7 cm³/mol. The van der Waals surface area contributed by atoms with Gasteiger partial charge in [0, 0.05) is 5.69 Å². The summed E-state index contributed by atoms with van der Waals surface area (Å²) in [5.74, 6) is -0.991. The third-order valence-corrected chi connectivity index (χ3v) is 2.88. The van der Waals surface area contributed by atoms with Crippen LogP contribution in [-0.4, -0.2) is 18.1 Å². The fourth-order valence-electron chi connectivity index (χ4n) is 1.87. The van der Waals surface area contributed by atoms with E-state index in [9.17, 15) is 14.3 Å². The minimum absolute atomic E-state index is 0.101. The van der Waals surface area contributed by atoms with Gasteiger partial charge in [-0.25, -0.2) is 4.39 Å². The number of hydrogen-bond donors (Lipinski definition) is 2. The Labute approximate surface area is 115 Å². The van der Waals surface area contributed by atoms with Crippen LogP contribution in [0.25, 0.3) is 0 Å². The first-order valence-electron chi connectivity index (χ1n) is 5.96. The van der Waals surface area contributed by atoms with Gasteiger partial charge in [0.2, 0.25) is 0 Å². The van der Waals surface area contributed by atoms with Crippen LogP contribution in [0.4, 0.5) is 10.1 Å². The first kappa shape index (κ1) is 13.9. The number of anilines is 1. The Bertz CT molecular complexity index is 656. The normalized spacial score (nSPS) is 10.2. The quantitative estimate of drug-likeness (QED) is 0.846. The molecule has 0 unspecified atom stereocenters. The van der Waals surface area contributed by atoms with Crippen LogP contribution < -0.4 is 10.1 Å². The van der Waals surface area contributed by atoms with E-state index in [1.54, 1.807) is 13.0 Å². The maximum absolute atomic E-state index is 13.8. The van der Waals surface area contributed by atoms with Gasteiger partial charge in [-0.2, -0.15) is 0 Å². The molecule has 2 aromatic carbocycles. The molecule has 0 radical (unpaired) electrons. The van der Waals surface area contributed by atoms with Crippen LogP contribution >= 0.6 is 0 Å². The van der Waals surface area contributed by atoms with Crippen molar-refractivity contribution in [2.75, 3.05) is 12.4 Å². The summed E-state index contributed by atoms with van der Waals surface area (Å²) in [7, 11) is 1.37. The average molecular weight is 275 g/mol. The largest absolute Gasteiger partial charge is 0.508 e. The van der Waals surface area contributed by atoms with Gasteiger partial charge in [-0.1, -0.05) is 6.07 Å². The zero-order valence-electron chi connectivity index (χ0n) is 11.1. The number of halogens is 1. The van der Waals surface area contributed by atoms with Crippen LogP contribution in [0, 0.1) is 12.7 Å². The monoisotopic (exact) mass is 275 g/mol. The van der Waals surface area contributed by atoms with Crippen molar-refractivity contribution < 1.29 is 19.0 Å². The van der Waals surface area contributed by atoms with Crippen LogP contribution in [0.15, 0.2) is 36.4 Å². The second kappa shape index (κ2) is 5.61. The molecule has 0 saturated carbocycles. The van der Waals surface area contributed by atoms with Gasteiger partial charge in [-0.3, -0.25) is 4.79 Å². The number of carbonyl (C=O) groups is 1. The number of phenolic OH excluding ortho intramolecular Hbond substituents is 1. The molecule has 1 amide bonds. The molecule has 4 nitrogen and oxygen atoms in total. The summed E-state index contributed by atoms with van der Waals surface area (Å²) < 4.78 is 18.8. The smallest absolute Gasteiger partial charge is 0.262 e. The van der Waals surface area contributed by atoms with Crippen molar-refractivity contribution in [1.29, 1.82) is 0 Å². The lowest BCUT2D eigenvalue weighted by molar-refractivity contribution is 0.102. The molecule has 20 heavy (non-hydrogen) atoms. The van der Waals surface area contributed by atoms with Crippen molar-refractivity contribution in [2.45, 2.75) is 6.92 Å². The van der Waals surface area contributed by atoms with E-state index in [2.05, 4.69) is 5.32 Å². The molecule has 0 saturated heterocycles. The summed E-state index contributed by atoms with van der Waals surface area (Å²) in [6.07, 6.45) is 0. The summed E-state index contributed by atoms with van der Waals surface area (Å²) in [6.45, 7) is 1.73. The average Bonchev–Trinajstić information content (AvgIpc) is 2.41. The van der Waals surface area contributed by atoms with Crippen molar-refractivity contribution >= 4 is 11.6 Å². The molecule has 0 spiro atoms. The minimum atomic E-state index is -0.654. The lowest BCUT2D eigenvalue weighted by Crippen LogP contribution is -2.15. The number of methoxy groups -OCH3 is 1. The molecule has 5 heteroatoms. The molecule has 0 aromatic heterocycles. The molecule has 0 aliphatic rings. The van der Waals surface area contributed by atoms with Crippen LogP contribution in [0.1, 0.15) is 15.9 Å². The summed E-state index contributed by atoms with van der Waals surface area (Å²) in [6, 6.07) is 8.69. The highest BCUT2D eigenvalue weighted by molar-refractivity contribution is 6.06. The molecule has 0 bridgehead atoms. The second-order valence-electron chi connectivity index (χ2n) is 4.27. The van der Waals surface area contributed by atoms with E-state index >= 15 is 0 Å². The lowest BCUT2D eigenvalue weighted by Gasteiger charge is -2.11. The topological polar surface area (TPSA) is 58.6 Å².